The summed E-state index contributed by atoms with van der Waals surface area (Å²) in [6.45, 7) is 3.10. The SMILES string of the molecule is CCN(C(=O)COCCOC)c1cn(-c2cccnc2)nc1Cl. The first-order valence-corrected chi connectivity index (χ1v) is 7.57. The summed E-state index contributed by atoms with van der Waals surface area (Å²) in [5, 5.41) is 4.48. The van der Waals surface area contributed by atoms with Crippen LogP contribution in [0.2, 0.25) is 5.15 Å². The van der Waals surface area contributed by atoms with Gasteiger partial charge in [-0.1, -0.05) is 11.6 Å². The van der Waals surface area contributed by atoms with E-state index in [1.165, 1.54) is 4.90 Å². The van der Waals surface area contributed by atoms with Crippen molar-refractivity contribution in [3.05, 3.63) is 35.9 Å². The fourth-order valence-corrected chi connectivity index (χ4v) is 2.24. The van der Waals surface area contributed by atoms with Gasteiger partial charge in [0, 0.05) is 19.9 Å². The minimum Gasteiger partial charge on any atom is -0.382 e. The number of aromatic nitrogens is 3. The molecule has 124 valence electrons. The average Bonchev–Trinajstić information content (AvgIpc) is 2.95. The van der Waals surface area contributed by atoms with Gasteiger partial charge in [-0.2, -0.15) is 5.10 Å². The van der Waals surface area contributed by atoms with Gasteiger partial charge in [0.25, 0.3) is 5.91 Å². The van der Waals surface area contributed by atoms with E-state index >= 15 is 0 Å². The Hall–Kier alpha value is -1.96. The molecule has 2 rings (SSSR count). The summed E-state index contributed by atoms with van der Waals surface area (Å²) >= 11 is 6.19. The van der Waals surface area contributed by atoms with E-state index in [4.69, 9.17) is 21.1 Å². The molecular weight excluding hydrogens is 320 g/mol. The number of amides is 1. The number of likely N-dealkylation sites (N-methyl/N-ethyl adjacent to an activating group) is 1. The average molecular weight is 339 g/mol. The zero-order valence-electron chi connectivity index (χ0n) is 13.1. The monoisotopic (exact) mass is 338 g/mol. The van der Waals surface area contributed by atoms with Crippen molar-refractivity contribution in [2.75, 3.05) is 38.4 Å². The minimum absolute atomic E-state index is 0.0361. The summed E-state index contributed by atoms with van der Waals surface area (Å²) in [5.41, 5.74) is 1.30. The smallest absolute Gasteiger partial charge is 0.253 e. The fraction of sp³-hybridized carbons (Fsp3) is 0.400. The van der Waals surface area contributed by atoms with Crippen molar-refractivity contribution in [1.82, 2.24) is 14.8 Å². The first kappa shape index (κ1) is 17.4. The molecule has 0 radical (unpaired) electrons. The zero-order valence-corrected chi connectivity index (χ0v) is 13.9. The number of carbonyl (C=O) groups excluding carboxylic acids is 1. The Morgan fingerprint density at radius 1 is 1.43 bits per heavy atom. The Morgan fingerprint density at radius 3 is 2.91 bits per heavy atom. The Morgan fingerprint density at radius 2 is 2.26 bits per heavy atom. The van der Waals surface area contributed by atoms with Gasteiger partial charge in [-0.25, -0.2) is 4.68 Å². The van der Waals surface area contributed by atoms with Crippen molar-refractivity contribution in [2.45, 2.75) is 6.92 Å². The second kappa shape index (κ2) is 8.61. The first-order chi connectivity index (χ1) is 11.2. The maximum Gasteiger partial charge on any atom is 0.253 e. The lowest BCUT2D eigenvalue weighted by molar-refractivity contribution is -0.123. The van der Waals surface area contributed by atoms with Crippen LogP contribution in [-0.2, 0) is 14.3 Å². The molecule has 7 nitrogen and oxygen atoms in total. The van der Waals surface area contributed by atoms with Crippen molar-refractivity contribution in [2.24, 2.45) is 0 Å². The van der Waals surface area contributed by atoms with E-state index in [9.17, 15) is 4.79 Å². The van der Waals surface area contributed by atoms with Gasteiger partial charge in [-0.3, -0.25) is 9.78 Å². The van der Waals surface area contributed by atoms with Gasteiger partial charge in [0.2, 0.25) is 0 Å². The van der Waals surface area contributed by atoms with Crippen LogP contribution in [0.3, 0.4) is 0 Å². The molecule has 0 saturated heterocycles. The molecule has 0 N–H and O–H groups in total. The molecule has 0 bridgehead atoms. The van der Waals surface area contributed by atoms with E-state index in [1.54, 1.807) is 36.4 Å². The number of methoxy groups -OCH3 is 1. The molecule has 0 aliphatic heterocycles. The number of halogens is 1. The summed E-state index contributed by atoms with van der Waals surface area (Å²) in [4.78, 5) is 17.9. The van der Waals surface area contributed by atoms with Crippen LogP contribution >= 0.6 is 11.6 Å². The van der Waals surface area contributed by atoms with Gasteiger partial charge in [-0.05, 0) is 19.1 Å². The maximum atomic E-state index is 12.3. The molecule has 0 aliphatic rings. The summed E-state index contributed by atoms with van der Waals surface area (Å²) < 4.78 is 11.7. The third-order valence-electron chi connectivity index (χ3n) is 3.13. The third kappa shape index (κ3) is 4.51. The summed E-state index contributed by atoms with van der Waals surface area (Å²) in [5.74, 6) is -0.184. The Labute approximate surface area is 139 Å². The van der Waals surface area contributed by atoms with Crippen molar-refractivity contribution in [1.29, 1.82) is 0 Å². The van der Waals surface area contributed by atoms with Crippen LogP contribution in [-0.4, -0.2) is 54.1 Å². The largest absolute Gasteiger partial charge is 0.382 e. The van der Waals surface area contributed by atoms with E-state index in [-0.39, 0.29) is 17.7 Å². The molecule has 0 atom stereocenters. The molecule has 0 spiro atoms. The van der Waals surface area contributed by atoms with E-state index in [0.717, 1.165) is 5.69 Å². The molecule has 2 aromatic rings. The van der Waals surface area contributed by atoms with Gasteiger partial charge in [0.05, 0.1) is 31.3 Å². The molecular formula is C15H19ClN4O3. The fourth-order valence-electron chi connectivity index (χ4n) is 2.01. The summed E-state index contributed by atoms with van der Waals surface area (Å²) in [7, 11) is 1.58. The lowest BCUT2D eigenvalue weighted by Gasteiger charge is -2.19. The molecule has 0 aromatic carbocycles. The highest BCUT2D eigenvalue weighted by atomic mass is 35.5. The molecule has 2 aromatic heterocycles. The molecule has 0 unspecified atom stereocenters. The van der Waals surface area contributed by atoms with Crippen LogP contribution in [0.25, 0.3) is 5.69 Å². The van der Waals surface area contributed by atoms with Gasteiger partial charge in [0.1, 0.15) is 12.3 Å². The quantitative estimate of drug-likeness (QED) is 0.688. The number of rotatable bonds is 8. The van der Waals surface area contributed by atoms with Gasteiger partial charge in [-0.15, -0.1) is 0 Å². The van der Waals surface area contributed by atoms with E-state index < -0.39 is 0 Å². The molecule has 1 amide bonds. The van der Waals surface area contributed by atoms with Crippen LogP contribution in [0, 0.1) is 0 Å². The predicted molar refractivity (Wildman–Crippen MR) is 87.1 cm³/mol. The number of hydrogen-bond donors (Lipinski definition) is 0. The highest BCUT2D eigenvalue weighted by Gasteiger charge is 2.20. The molecule has 0 saturated carbocycles. The topological polar surface area (TPSA) is 69.5 Å². The molecule has 0 aliphatic carbocycles. The second-order valence-corrected chi connectivity index (χ2v) is 5.00. The number of carbonyl (C=O) groups is 1. The second-order valence-electron chi connectivity index (χ2n) is 4.64. The maximum absolute atomic E-state index is 12.3. The molecule has 8 heteroatoms. The Balaban J connectivity index is 2.12. The molecule has 0 fully saturated rings. The molecule has 23 heavy (non-hydrogen) atoms. The number of ether oxygens (including phenoxy) is 2. The van der Waals surface area contributed by atoms with Crippen molar-refractivity contribution in [3.8, 4) is 5.69 Å². The molecule has 2 heterocycles. The van der Waals surface area contributed by atoms with Crippen molar-refractivity contribution in [3.63, 3.8) is 0 Å². The van der Waals surface area contributed by atoms with E-state index in [2.05, 4.69) is 10.1 Å². The van der Waals surface area contributed by atoms with Crippen LogP contribution in [0.15, 0.2) is 30.7 Å². The van der Waals surface area contributed by atoms with Crippen LogP contribution in [0.4, 0.5) is 5.69 Å². The highest BCUT2D eigenvalue weighted by molar-refractivity contribution is 6.32. The third-order valence-corrected chi connectivity index (χ3v) is 3.40. The van der Waals surface area contributed by atoms with Crippen LogP contribution in [0.1, 0.15) is 6.92 Å². The number of anilines is 1. The van der Waals surface area contributed by atoms with E-state index in [0.29, 0.717) is 25.4 Å². The standard InChI is InChI=1S/C15H19ClN4O3/c1-3-19(14(21)11-23-8-7-22-2)13-10-20(18-15(13)16)12-5-4-6-17-9-12/h4-6,9-10H,3,7-8,11H2,1-2H3. The summed E-state index contributed by atoms with van der Waals surface area (Å²) in [6, 6.07) is 3.66. The van der Waals surface area contributed by atoms with Crippen LogP contribution < -0.4 is 4.90 Å². The first-order valence-electron chi connectivity index (χ1n) is 7.20. The predicted octanol–water partition coefficient (Wildman–Crippen LogP) is 1.94. The highest BCUT2D eigenvalue weighted by Crippen LogP contribution is 2.26. The van der Waals surface area contributed by atoms with Gasteiger partial charge < -0.3 is 14.4 Å². The van der Waals surface area contributed by atoms with Crippen molar-refractivity contribution >= 4 is 23.2 Å². The number of pyridine rings is 1. The van der Waals surface area contributed by atoms with E-state index in [1.807, 2.05) is 13.0 Å². The Kier molecular flexibility index (Phi) is 6.52. The summed E-state index contributed by atoms with van der Waals surface area (Å²) in [6.07, 6.45) is 5.05. The van der Waals surface area contributed by atoms with Crippen molar-refractivity contribution < 1.29 is 14.3 Å². The normalized spacial score (nSPS) is 10.7. The lowest BCUT2D eigenvalue weighted by Crippen LogP contribution is -2.34. The lowest BCUT2D eigenvalue weighted by atomic mass is 10.4. The zero-order chi connectivity index (χ0) is 16.7. The Bertz CT molecular complexity index is 633. The van der Waals surface area contributed by atoms with Crippen LogP contribution in [0.5, 0.6) is 0 Å². The minimum atomic E-state index is -0.184. The van der Waals surface area contributed by atoms with Gasteiger partial charge in [0.15, 0.2) is 5.15 Å². The number of hydrogen-bond acceptors (Lipinski definition) is 5. The van der Waals surface area contributed by atoms with Gasteiger partial charge >= 0.3 is 0 Å². The number of nitrogens with zero attached hydrogens (tertiary/aromatic N) is 4.